The van der Waals surface area contributed by atoms with Crippen LogP contribution < -0.4 is 21.3 Å². The first-order valence-electron chi connectivity index (χ1n) is 9.87. The first-order valence-corrected chi connectivity index (χ1v) is 9.87. The molecule has 1 aliphatic heterocycles. The van der Waals surface area contributed by atoms with Crippen molar-refractivity contribution in [2.45, 2.75) is 19.4 Å². The molecule has 0 bridgehead atoms. The molecule has 7 nitrogen and oxygen atoms in total. The minimum atomic E-state index is -0.260. The summed E-state index contributed by atoms with van der Waals surface area (Å²) in [6.45, 7) is 2.19. The third-order valence-electron chi connectivity index (χ3n) is 5.25. The second-order valence-corrected chi connectivity index (χ2v) is 7.37. The number of rotatable bonds is 7. The fraction of sp³-hybridized carbons (Fsp3) is 0.318. The van der Waals surface area contributed by atoms with Crippen LogP contribution in [0.5, 0.6) is 0 Å². The van der Waals surface area contributed by atoms with Crippen molar-refractivity contribution in [3.63, 3.8) is 0 Å². The van der Waals surface area contributed by atoms with E-state index in [1.54, 1.807) is 24.3 Å². The Hall–Kier alpha value is -3.19. The molecule has 1 saturated heterocycles. The van der Waals surface area contributed by atoms with Crippen LogP contribution in [0.2, 0.25) is 0 Å². The lowest BCUT2D eigenvalue weighted by atomic mass is 9.96. The van der Waals surface area contributed by atoms with Gasteiger partial charge in [-0.25, -0.2) is 0 Å². The number of hydrogen-bond donors (Lipinski definition) is 4. The zero-order chi connectivity index (χ0) is 20.6. The molecule has 1 heterocycles. The van der Waals surface area contributed by atoms with Gasteiger partial charge in [0.2, 0.25) is 5.91 Å². The number of likely N-dealkylation sites (tertiary alicyclic amines) is 1. The van der Waals surface area contributed by atoms with Crippen LogP contribution in [0.3, 0.4) is 0 Å². The molecule has 5 N–H and O–H groups in total. The summed E-state index contributed by atoms with van der Waals surface area (Å²) in [6, 6.07) is 16.6. The van der Waals surface area contributed by atoms with E-state index in [0.717, 1.165) is 23.6 Å². The van der Waals surface area contributed by atoms with Crippen LogP contribution in [-0.2, 0) is 16.1 Å². The van der Waals surface area contributed by atoms with Crippen LogP contribution in [0, 0.1) is 5.92 Å². The highest BCUT2D eigenvalue weighted by atomic mass is 16.2. The van der Waals surface area contributed by atoms with E-state index < -0.39 is 0 Å². The molecule has 3 amide bonds. The average molecular weight is 395 g/mol. The van der Waals surface area contributed by atoms with Crippen LogP contribution in [0.15, 0.2) is 54.6 Å². The van der Waals surface area contributed by atoms with Crippen molar-refractivity contribution in [1.82, 2.24) is 5.32 Å². The van der Waals surface area contributed by atoms with E-state index in [4.69, 9.17) is 5.73 Å². The molecule has 29 heavy (non-hydrogen) atoms. The van der Waals surface area contributed by atoms with Crippen LogP contribution >= 0.6 is 0 Å². The van der Waals surface area contributed by atoms with Crippen molar-refractivity contribution in [2.24, 2.45) is 11.7 Å². The maximum Gasteiger partial charge on any atom is 0.279 e. The van der Waals surface area contributed by atoms with Gasteiger partial charge in [-0.15, -0.1) is 0 Å². The second-order valence-electron chi connectivity index (χ2n) is 7.37. The van der Waals surface area contributed by atoms with Gasteiger partial charge < -0.3 is 21.3 Å². The molecule has 7 heteroatoms. The number of nitrogens with one attached hydrogen (secondary N) is 3. The van der Waals surface area contributed by atoms with Gasteiger partial charge in [-0.3, -0.25) is 14.4 Å². The highest BCUT2D eigenvalue weighted by Crippen LogP contribution is 2.15. The number of nitrogens with two attached hydrogens (primary N) is 1. The van der Waals surface area contributed by atoms with Crippen molar-refractivity contribution in [3.8, 4) is 0 Å². The van der Waals surface area contributed by atoms with E-state index >= 15 is 0 Å². The summed E-state index contributed by atoms with van der Waals surface area (Å²) in [7, 11) is 0. The monoisotopic (exact) mass is 395 g/mol. The normalized spacial score (nSPS) is 18.6. The molecule has 3 rings (SSSR count). The number of para-hydroxylation sites is 1. The van der Waals surface area contributed by atoms with E-state index in [9.17, 15) is 14.4 Å². The van der Waals surface area contributed by atoms with Gasteiger partial charge in [0.05, 0.1) is 24.3 Å². The smallest absolute Gasteiger partial charge is 0.279 e. The Bertz CT molecular complexity index is 861. The van der Waals surface area contributed by atoms with Crippen molar-refractivity contribution in [2.75, 3.05) is 25.0 Å². The topological polar surface area (TPSA) is 106 Å². The molecule has 0 atom stereocenters. The largest absolute Gasteiger partial charge is 0.369 e. The first kappa shape index (κ1) is 20.5. The molecule has 0 aliphatic carbocycles. The van der Waals surface area contributed by atoms with Crippen LogP contribution in [0.4, 0.5) is 5.69 Å². The molecule has 0 saturated carbocycles. The highest BCUT2D eigenvalue weighted by Gasteiger charge is 2.27. The molecule has 0 radical (unpaired) electrons. The molecule has 152 valence electrons. The van der Waals surface area contributed by atoms with E-state index in [1.165, 1.54) is 0 Å². The number of carbonyl (C=O) groups is 3. The Morgan fingerprint density at radius 3 is 2.31 bits per heavy atom. The minimum absolute atomic E-state index is 0.0872. The van der Waals surface area contributed by atoms with Gasteiger partial charge in [0, 0.05) is 25.3 Å². The number of hydrogen-bond acceptors (Lipinski definition) is 3. The summed E-state index contributed by atoms with van der Waals surface area (Å²) in [5.41, 5.74) is 7.29. The summed E-state index contributed by atoms with van der Waals surface area (Å²) in [5, 5.41) is 5.75. The standard InChI is InChI=1S/C22H26N4O3/c23-21(28)17-10-12-26(13-11-17)15-20(27)25-19-9-5-4-8-18(19)22(29)24-14-16-6-2-1-3-7-16/h1-9,17H,10-15H2,(H2,23,28)(H,24,29)(H,25,27)/p+1. The molecule has 0 spiro atoms. The van der Waals surface area contributed by atoms with E-state index in [2.05, 4.69) is 10.6 Å². The predicted molar refractivity (Wildman–Crippen MR) is 110 cm³/mol. The zero-order valence-electron chi connectivity index (χ0n) is 16.3. The fourth-order valence-electron chi connectivity index (χ4n) is 3.57. The molecule has 0 unspecified atom stereocenters. The Morgan fingerprint density at radius 1 is 0.966 bits per heavy atom. The van der Waals surface area contributed by atoms with E-state index in [-0.39, 0.29) is 23.6 Å². The van der Waals surface area contributed by atoms with Crippen molar-refractivity contribution >= 4 is 23.4 Å². The summed E-state index contributed by atoms with van der Waals surface area (Å²) in [6.07, 6.45) is 1.41. The van der Waals surface area contributed by atoms with Crippen LogP contribution in [0.1, 0.15) is 28.8 Å². The summed E-state index contributed by atoms with van der Waals surface area (Å²) in [5.74, 6) is -0.736. The molecular formula is C22H27N4O3+. The van der Waals surface area contributed by atoms with Gasteiger partial charge >= 0.3 is 0 Å². The van der Waals surface area contributed by atoms with Crippen LogP contribution in [-0.4, -0.2) is 37.4 Å². The van der Waals surface area contributed by atoms with Crippen molar-refractivity contribution < 1.29 is 19.3 Å². The lowest BCUT2D eigenvalue weighted by molar-refractivity contribution is -0.897. The SMILES string of the molecule is NC(=O)C1CC[NH+](CC(=O)Nc2ccccc2C(=O)NCc2ccccc2)CC1. The van der Waals surface area contributed by atoms with E-state index in [0.29, 0.717) is 37.2 Å². The molecular weight excluding hydrogens is 368 g/mol. The number of primary amides is 1. The van der Waals surface area contributed by atoms with Gasteiger partial charge in [-0.1, -0.05) is 42.5 Å². The quantitative estimate of drug-likeness (QED) is 0.543. The number of benzene rings is 2. The maximum absolute atomic E-state index is 12.6. The lowest BCUT2D eigenvalue weighted by Crippen LogP contribution is -3.14. The van der Waals surface area contributed by atoms with Gasteiger partial charge in [-0.05, 0) is 17.7 Å². The Balaban J connectivity index is 1.55. The minimum Gasteiger partial charge on any atom is -0.369 e. The molecule has 1 aliphatic rings. The van der Waals surface area contributed by atoms with Gasteiger partial charge in [0.1, 0.15) is 0 Å². The zero-order valence-corrected chi connectivity index (χ0v) is 16.3. The first-order chi connectivity index (χ1) is 14.0. The van der Waals surface area contributed by atoms with E-state index in [1.807, 2.05) is 30.3 Å². The number of quaternary nitrogens is 1. The summed E-state index contributed by atoms with van der Waals surface area (Å²) in [4.78, 5) is 37.5. The Morgan fingerprint density at radius 2 is 1.62 bits per heavy atom. The molecule has 0 aromatic heterocycles. The van der Waals surface area contributed by atoms with Gasteiger partial charge in [-0.2, -0.15) is 0 Å². The average Bonchev–Trinajstić information content (AvgIpc) is 2.73. The van der Waals surface area contributed by atoms with Crippen LogP contribution in [0.25, 0.3) is 0 Å². The summed E-state index contributed by atoms with van der Waals surface area (Å²) < 4.78 is 0. The number of anilines is 1. The lowest BCUT2D eigenvalue weighted by Gasteiger charge is -2.27. The Kier molecular flexibility index (Phi) is 6.97. The van der Waals surface area contributed by atoms with Crippen molar-refractivity contribution in [3.05, 3.63) is 65.7 Å². The Labute approximate surface area is 170 Å². The second kappa shape index (κ2) is 9.84. The highest BCUT2D eigenvalue weighted by molar-refractivity contribution is 6.03. The van der Waals surface area contributed by atoms with Crippen molar-refractivity contribution in [1.29, 1.82) is 0 Å². The van der Waals surface area contributed by atoms with Gasteiger partial charge in [0.25, 0.3) is 11.8 Å². The third-order valence-corrected chi connectivity index (χ3v) is 5.25. The number of carbonyl (C=O) groups excluding carboxylic acids is 3. The predicted octanol–water partition coefficient (Wildman–Crippen LogP) is 0.335. The number of piperidine rings is 1. The maximum atomic E-state index is 12.6. The summed E-state index contributed by atoms with van der Waals surface area (Å²) >= 11 is 0. The molecule has 2 aromatic rings. The fourth-order valence-corrected chi connectivity index (χ4v) is 3.57. The van der Waals surface area contributed by atoms with Gasteiger partial charge in [0.15, 0.2) is 6.54 Å². The third kappa shape index (κ3) is 5.89. The molecule has 1 fully saturated rings. The number of amides is 3. The molecule has 2 aromatic carbocycles.